The van der Waals surface area contributed by atoms with Crippen molar-refractivity contribution in [2.24, 2.45) is 5.41 Å². The Morgan fingerprint density at radius 3 is 2.61 bits per heavy atom. The molecule has 2 atom stereocenters. The lowest BCUT2D eigenvalue weighted by Gasteiger charge is -2.29. The van der Waals surface area contributed by atoms with Crippen LogP contribution in [-0.2, 0) is 17.9 Å². The van der Waals surface area contributed by atoms with Gasteiger partial charge in [0.25, 0.3) is 5.91 Å². The Balaban J connectivity index is 2.01. The van der Waals surface area contributed by atoms with Crippen LogP contribution in [0.4, 0.5) is 4.39 Å². The van der Waals surface area contributed by atoms with Crippen LogP contribution in [0.15, 0.2) is 18.2 Å². The second-order valence-corrected chi connectivity index (χ2v) is 9.95. The van der Waals surface area contributed by atoms with Crippen molar-refractivity contribution in [3.8, 4) is 0 Å². The Hall–Kier alpha value is -2.19. The zero-order chi connectivity index (χ0) is 23.0. The van der Waals surface area contributed by atoms with Gasteiger partial charge in [-0.1, -0.05) is 44.5 Å². The Bertz CT molecular complexity index is 929. The van der Waals surface area contributed by atoms with E-state index in [9.17, 15) is 14.0 Å². The van der Waals surface area contributed by atoms with E-state index in [-0.39, 0.29) is 12.3 Å². The van der Waals surface area contributed by atoms with Crippen LogP contribution < -0.4 is 10.6 Å². The molecule has 0 saturated heterocycles. The third-order valence-electron chi connectivity index (χ3n) is 5.64. The number of nitrogens with one attached hydrogen (secondary N) is 2. The van der Waals surface area contributed by atoms with Gasteiger partial charge in [0.2, 0.25) is 11.0 Å². The molecular formula is C22H31ClFN5O2. The molecule has 0 radical (unpaired) electrons. The quantitative estimate of drug-likeness (QED) is 0.690. The third-order valence-corrected chi connectivity index (χ3v) is 5.92. The average Bonchev–Trinajstić information content (AvgIpc) is 2.91. The molecule has 2 aliphatic rings. The van der Waals surface area contributed by atoms with Gasteiger partial charge < -0.3 is 20.1 Å². The summed E-state index contributed by atoms with van der Waals surface area (Å²) in [6, 6.07) is -0.716. The Kier molecular flexibility index (Phi) is 6.62. The number of nitrogens with zero attached hydrogens (tertiary/aromatic N) is 3. The predicted molar refractivity (Wildman–Crippen MR) is 119 cm³/mol. The van der Waals surface area contributed by atoms with E-state index in [1.165, 1.54) is 6.08 Å². The SMILES string of the molecule is CNC(=O)[C@@H](NC(=O)c1nc(C2=CCC(F)(Cl)C=C2)n2c1CN(C)CCC2)C(C)(C)C. The van der Waals surface area contributed by atoms with E-state index in [0.29, 0.717) is 24.6 Å². The molecule has 0 spiro atoms. The maximum Gasteiger partial charge on any atom is 0.272 e. The summed E-state index contributed by atoms with van der Waals surface area (Å²) < 4.78 is 16.0. The van der Waals surface area contributed by atoms with E-state index in [0.717, 1.165) is 24.2 Å². The van der Waals surface area contributed by atoms with Crippen LogP contribution in [-0.4, -0.2) is 58.1 Å². The molecule has 1 unspecified atom stereocenters. The number of hydrogen-bond donors (Lipinski definition) is 2. The van der Waals surface area contributed by atoms with Crippen molar-refractivity contribution in [2.45, 2.75) is 57.9 Å². The minimum absolute atomic E-state index is 0.0345. The van der Waals surface area contributed by atoms with Gasteiger partial charge in [-0.25, -0.2) is 9.37 Å². The van der Waals surface area contributed by atoms with Gasteiger partial charge in [0.1, 0.15) is 11.9 Å². The van der Waals surface area contributed by atoms with Crippen molar-refractivity contribution in [1.29, 1.82) is 0 Å². The number of aromatic nitrogens is 2. The number of hydrogen-bond acceptors (Lipinski definition) is 4. The molecule has 0 saturated carbocycles. The molecule has 0 bridgehead atoms. The number of amides is 2. The Morgan fingerprint density at radius 1 is 1.32 bits per heavy atom. The van der Waals surface area contributed by atoms with Gasteiger partial charge in [-0.05, 0) is 31.5 Å². The zero-order valence-electron chi connectivity index (χ0n) is 18.8. The van der Waals surface area contributed by atoms with E-state index in [2.05, 4.69) is 20.5 Å². The van der Waals surface area contributed by atoms with Crippen LogP contribution >= 0.6 is 11.6 Å². The molecule has 3 rings (SSSR count). The summed E-state index contributed by atoms with van der Waals surface area (Å²) in [4.78, 5) is 32.5. The number of imidazole rings is 1. The van der Waals surface area contributed by atoms with Crippen LogP contribution in [0.3, 0.4) is 0 Å². The summed E-state index contributed by atoms with van der Waals surface area (Å²) in [6.07, 6.45) is 5.57. The molecule has 1 aromatic rings. The molecule has 0 fully saturated rings. The third kappa shape index (κ3) is 5.18. The first kappa shape index (κ1) is 23.5. The van der Waals surface area contributed by atoms with Gasteiger partial charge in [0, 0.05) is 32.1 Å². The molecule has 2 amide bonds. The highest BCUT2D eigenvalue weighted by molar-refractivity contribution is 6.24. The summed E-state index contributed by atoms with van der Waals surface area (Å²) in [6.45, 7) is 7.82. The smallest absolute Gasteiger partial charge is 0.272 e. The summed E-state index contributed by atoms with van der Waals surface area (Å²) in [5, 5.41) is 3.60. The highest BCUT2D eigenvalue weighted by Crippen LogP contribution is 2.33. The van der Waals surface area contributed by atoms with Gasteiger partial charge in [0.05, 0.1) is 5.69 Å². The minimum atomic E-state index is -1.90. The maximum atomic E-state index is 14.0. The van der Waals surface area contributed by atoms with Gasteiger partial charge in [-0.15, -0.1) is 0 Å². The maximum absolute atomic E-state index is 14.0. The van der Waals surface area contributed by atoms with E-state index in [4.69, 9.17) is 11.6 Å². The molecule has 1 aliphatic heterocycles. The van der Waals surface area contributed by atoms with Crippen molar-refractivity contribution < 1.29 is 14.0 Å². The Labute approximate surface area is 187 Å². The van der Waals surface area contributed by atoms with Gasteiger partial charge in [0.15, 0.2) is 5.69 Å². The molecule has 170 valence electrons. The number of carbonyl (C=O) groups excluding carboxylic acids is 2. The summed E-state index contributed by atoms with van der Waals surface area (Å²) in [7, 11) is 3.55. The van der Waals surface area contributed by atoms with Crippen LogP contribution in [0, 0.1) is 5.41 Å². The number of allylic oxidation sites excluding steroid dienone is 4. The molecule has 2 N–H and O–H groups in total. The fourth-order valence-electron chi connectivity index (χ4n) is 3.90. The van der Waals surface area contributed by atoms with Gasteiger partial charge >= 0.3 is 0 Å². The molecule has 31 heavy (non-hydrogen) atoms. The highest BCUT2D eigenvalue weighted by atomic mass is 35.5. The van der Waals surface area contributed by atoms with Crippen LogP contribution in [0.25, 0.3) is 5.57 Å². The number of halogens is 2. The lowest BCUT2D eigenvalue weighted by molar-refractivity contribution is -0.124. The van der Waals surface area contributed by atoms with Crippen LogP contribution in [0.1, 0.15) is 55.6 Å². The van der Waals surface area contributed by atoms with Crippen molar-refractivity contribution in [3.63, 3.8) is 0 Å². The van der Waals surface area contributed by atoms with Crippen molar-refractivity contribution >= 4 is 29.0 Å². The standard InChI is InChI=1S/C22H31ClFN5O2/c1-21(2,3)17(20(31)25-4)27-19(30)16-15-13-28(5)11-6-12-29(15)18(26-16)14-7-9-22(23,24)10-8-14/h7-9,17H,6,10-13H2,1-5H3,(H,25,31)(H,27,30)/t17-,22?/m1/s1. The Morgan fingerprint density at radius 2 is 2.03 bits per heavy atom. The second kappa shape index (κ2) is 8.74. The molecule has 0 aromatic carbocycles. The van der Waals surface area contributed by atoms with Crippen LogP contribution in [0.2, 0.25) is 0 Å². The lowest BCUT2D eigenvalue weighted by Crippen LogP contribution is -2.53. The molecule has 1 aliphatic carbocycles. The molecule has 2 heterocycles. The first-order valence-corrected chi connectivity index (χ1v) is 10.9. The number of carbonyl (C=O) groups is 2. The molecule has 1 aromatic heterocycles. The summed E-state index contributed by atoms with van der Waals surface area (Å²) >= 11 is 5.78. The van der Waals surface area contributed by atoms with E-state index in [1.54, 1.807) is 19.2 Å². The highest BCUT2D eigenvalue weighted by Gasteiger charge is 2.35. The topological polar surface area (TPSA) is 79.3 Å². The van der Waals surface area contributed by atoms with E-state index >= 15 is 0 Å². The normalized spacial score (nSPS) is 22.9. The number of likely N-dealkylation sites (N-methyl/N-ethyl adjacent to an activating group) is 1. The van der Waals surface area contributed by atoms with Crippen LogP contribution in [0.5, 0.6) is 0 Å². The van der Waals surface area contributed by atoms with E-state index in [1.807, 2.05) is 32.4 Å². The fourth-order valence-corrected chi connectivity index (χ4v) is 4.04. The lowest BCUT2D eigenvalue weighted by atomic mass is 9.86. The first-order chi connectivity index (χ1) is 14.4. The summed E-state index contributed by atoms with van der Waals surface area (Å²) in [5.74, 6) is -0.0414. The summed E-state index contributed by atoms with van der Waals surface area (Å²) in [5.41, 5.74) is 1.33. The van der Waals surface area contributed by atoms with Crippen molar-refractivity contribution in [2.75, 3.05) is 20.6 Å². The molecule has 9 heteroatoms. The first-order valence-electron chi connectivity index (χ1n) is 10.5. The van der Waals surface area contributed by atoms with Gasteiger partial charge in [-0.3, -0.25) is 9.59 Å². The van der Waals surface area contributed by atoms with E-state index < -0.39 is 22.5 Å². The number of alkyl halides is 2. The second-order valence-electron chi connectivity index (χ2n) is 9.32. The van der Waals surface area contributed by atoms with Crippen molar-refractivity contribution in [3.05, 3.63) is 35.4 Å². The average molecular weight is 452 g/mol. The largest absolute Gasteiger partial charge is 0.357 e. The molecular weight excluding hydrogens is 421 g/mol. The van der Waals surface area contributed by atoms with Crippen molar-refractivity contribution in [1.82, 2.24) is 25.1 Å². The molecule has 7 nitrogen and oxygen atoms in total. The minimum Gasteiger partial charge on any atom is -0.357 e. The number of rotatable bonds is 4. The zero-order valence-corrected chi connectivity index (χ0v) is 19.5. The fraction of sp³-hybridized carbons (Fsp3) is 0.591. The predicted octanol–water partition coefficient (Wildman–Crippen LogP) is 2.86. The van der Waals surface area contributed by atoms with Gasteiger partial charge in [-0.2, -0.15) is 0 Å². The number of fused-ring (bicyclic) bond motifs is 1. The monoisotopic (exact) mass is 451 g/mol.